The molecule has 0 saturated carbocycles. The van der Waals surface area contributed by atoms with E-state index >= 15 is 0 Å². The fourth-order valence-corrected chi connectivity index (χ4v) is 14.3. The van der Waals surface area contributed by atoms with E-state index in [0.717, 1.165) is 71.8 Å². The van der Waals surface area contributed by atoms with E-state index in [0.29, 0.717) is 6.42 Å². The highest BCUT2D eigenvalue weighted by Crippen LogP contribution is 2.41. The van der Waals surface area contributed by atoms with Gasteiger partial charge in [0.1, 0.15) is 11.9 Å². The number of aryl methyl sites for hydroxylation is 1. The van der Waals surface area contributed by atoms with Crippen LogP contribution in [0.25, 0.3) is 6.08 Å². The Kier molecular flexibility index (Phi) is 15.3. The lowest BCUT2D eigenvalue weighted by Crippen LogP contribution is -2.53. The molecular weight excluding hydrogens is 655 g/mol. The van der Waals surface area contributed by atoms with Crippen LogP contribution in [0, 0.1) is 24.2 Å². The normalized spacial score (nSPS) is 29.8. The van der Waals surface area contributed by atoms with Gasteiger partial charge >= 0.3 is 5.97 Å². The van der Waals surface area contributed by atoms with Crippen LogP contribution in [0.5, 0.6) is 0 Å². The number of esters is 1. The van der Waals surface area contributed by atoms with Crippen molar-refractivity contribution in [2.24, 2.45) is 17.3 Å². The highest BCUT2D eigenvalue weighted by Gasteiger charge is 2.49. The van der Waals surface area contributed by atoms with Crippen molar-refractivity contribution in [3.63, 3.8) is 0 Å². The molecule has 7 atom stereocenters. The zero-order valence-corrected chi connectivity index (χ0v) is 35.1. The van der Waals surface area contributed by atoms with Crippen molar-refractivity contribution in [2.75, 3.05) is 0 Å². The molecule has 2 unspecified atom stereocenters. The van der Waals surface area contributed by atoms with Crippen LogP contribution in [0.1, 0.15) is 119 Å². The molecule has 2 fully saturated rings. The van der Waals surface area contributed by atoms with E-state index in [1.165, 1.54) is 0 Å². The molecule has 0 spiro atoms. The van der Waals surface area contributed by atoms with Gasteiger partial charge in [-0.1, -0.05) is 75.7 Å². The Hall–Kier alpha value is -1.18. The lowest BCUT2D eigenvalue weighted by Gasteiger charge is -2.44. The van der Waals surface area contributed by atoms with Crippen molar-refractivity contribution < 1.29 is 27.9 Å². The van der Waals surface area contributed by atoms with Gasteiger partial charge in [0.25, 0.3) is 0 Å². The van der Waals surface area contributed by atoms with Crippen molar-refractivity contribution >= 4 is 45.8 Å². The predicted molar refractivity (Wildman–Crippen MR) is 203 cm³/mol. The lowest BCUT2D eigenvalue weighted by molar-refractivity contribution is -0.153. The molecule has 0 amide bonds. The number of aromatic nitrogens is 1. The van der Waals surface area contributed by atoms with Crippen LogP contribution in [0.3, 0.4) is 0 Å². The summed E-state index contributed by atoms with van der Waals surface area (Å²) in [5.41, 5.74) is 0.922. The highest BCUT2D eigenvalue weighted by molar-refractivity contribution is 7.09. The molecule has 0 aliphatic carbocycles. The minimum absolute atomic E-state index is 0.0351. The smallest absolute Gasteiger partial charge is 0.309 e. The Bertz CT molecular complexity index is 1210. The summed E-state index contributed by atoms with van der Waals surface area (Å²) in [4.78, 5) is 33.5. The number of ketones is 1. The van der Waals surface area contributed by atoms with Gasteiger partial charge in [-0.05, 0) is 80.5 Å². The highest BCUT2D eigenvalue weighted by atomic mass is 32.1. The molecule has 1 aromatic rings. The number of carbonyl (C=O) groups is 2. The number of Topliss-reactive ketones (excluding diaryl/α,β-unsaturated/α-hetero) is 1. The van der Waals surface area contributed by atoms with Gasteiger partial charge < -0.3 is 18.3 Å². The maximum atomic E-state index is 14.9. The van der Waals surface area contributed by atoms with Gasteiger partial charge in [-0.3, -0.25) is 9.59 Å². The Morgan fingerprint density at radius 1 is 0.958 bits per heavy atom. The molecule has 0 radical (unpaired) electrons. The molecule has 3 rings (SSSR count). The molecular formula is C38H67NO6SSi2. The van der Waals surface area contributed by atoms with E-state index in [1.54, 1.807) is 11.3 Å². The van der Waals surface area contributed by atoms with Crippen LogP contribution in [-0.2, 0) is 27.9 Å². The average Bonchev–Trinajstić information content (AvgIpc) is 3.68. The van der Waals surface area contributed by atoms with Crippen LogP contribution in [0.4, 0.5) is 0 Å². The van der Waals surface area contributed by atoms with Gasteiger partial charge in [0.15, 0.2) is 16.6 Å². The molecule has 10 heteroatoms. The number of carbonyl (C=O) groups excluding carboxylic acids is 2. The summed E-state index contributed by atoms with van der Waals surface area (Å²) in [5, 5.41) is 3.03. The Morgan fingerprint density at radius 3 is 2.08 bits per heavy atom. The second kappa shape index (κ2) is 17.8. The summed E-state index contributed by atoms with van der Waals surface area (Å²) in [6.07, 6.45) is 4.65. The van der Waals surface area contributed by atoms with Crippen molar-refractivity contribution in [2.45, 2.75) is 182 Å². The molecule has 0 bridgehead atoms. The molecule has 2 aliphatic rings. The third-order valence-corrected chi connectivity index (χ3v) is 22.1. The van der Waals surface area contributed by atoms with Gasteiger partial charge in [-0.2, -0.15) is 0 Å². The summed E-state index contributed by atoms with van der Waals surface area (Å²) in [5.74, 6) is -0.307. The molecule has 3 heterocycles. The van der Waals surface area contributed by atoms with E-state index in [1.807, 2.05) is 39.2 Å². The first-order valence-electron chi connectivity index (χ1n) is 19.0. The van der Waals surface area contributed by atoms with Gasteiger partial charge in [0, 0.05) is 23.1 Å². The lowest BCUT2D eigenvalue weighted by atomic mass is 9.73. The Labute approximate surface area is 298 Å². The van der Waals surface area contributed by atoms with Gasteiger partial charge in [-0.15, -0.1) is 11.3 Å². The van der Waals surface area contributed by atoms with Crippen LogP contribution < -0.4 is 0 Å². The SMILES string of the molecule is CC[Si](CC)(CC)O[C@H]1[C@@H](C)CCC[C@H]2OC2CC(C(C)=Cc2csc(C)n2)OC(=O)C[C@H](O[Si](CC)(CC)CC)C(C)(C)C(=O)[C@@H]1C. The monoisotopic (exact) mass is 721 g/mol. The van der Waals surface area contributed by atoms with Crippen LogP contribution in [0.15, 0.2) is 11.0 Å². The summed E-state index contributed by atoms with van der Waals surface area (Å²) < 4.78 is 26.9. The second-order valence-electron chi connectivity index (χ2n) is 15.3. The zero-order chi connectivity index (χ0) is 35.9. The fraction of sp³-hybridized carbons (Fsp3) is 0.816. The molecule has 7 nitrogen and oxygen atoms in total. The first kappa shape index (κ1) is 41.2. The third-order valence-electron chi connectivity index (χ3n) is 12.0. The van der Waals surface area contributed by atoms with Gasteiger partial charge in [0.05, 0.1) is 41.5 Å². The molecule has 0 N–H and O–H groups in total. The Morgan fingerprint density at radius 2 is 1.54 bits per heavy atom. The van der Waals surface area contributed by atoms with Gasteiger partial charge in [-0.25, -0.2) is 4.98 Å². The Balaban J connectivity index is 2.05. The number of epoxide rings is 1. The van der Waals surface area contributed by atoms with Crippen molar-refractivity contribution in [1.82, 2.24) is 4.98 Å². The number of hydrogen-bond donors (Lipinski definition) is 0. The third kappa shape index (κ3) is 10.2. The molecule has 274 valence electrons. The minimum Gasteiger partial charge on any atom is -0.458 e. The maximum absolute atomic E-state index is 14.9. The first-order chi connectivity index (χ1) is 22.6. The number of hydrogen-bond acceptors (Lipinski definition) is 8. The van der Waals surface area contributed by atoms with Crippen molar-refractivity contribution in [3.05, 3.63) is 21.7 Å². The standard InChI is InChI=1S/C38H67NO6SSi2/c1-13-47(14-2,15-3)44-34-24-35(40)43-32(27(8)22-30-25-46-29(10)39-30)23-33-31(42-33)21-19-20-26(7)36(28(9)37(41)38(34,11)12)45-48(16-4,17-5)18-6/h22,25-26,28,31-34,36H,13-21,23-24H2,1-12H3/t26-,28+,31+,32?,33?,34-,36-/m0/s1. The van der Waals surface area contributed by atoms with Crippen LogP contribution in [-0.4, -0.2) is 63.9 Å². The number of cyclic esters (lactones) is 1. The van der Waals surface area contributed by atoms with Gasteiger partial charge in [0.2, 0.25) is 0 Å². The van der Waals surface area contributed by atoms with E-state index < -0.39 is 34.3 Å². The largest absolute Gasteiger partial charge is 0.458 e. The summed E-state index contributed by atoms with van der Waals surface area (Å²) in [6, 6.07) is 5.92. The molecule has 2 aliphatic heterocycles. The van der Waals surface area contributed by atoms with Crippen LogP contribution >= 0.6 is 11.3 Å². The molecule has 0 aromatic carbocycles. The maximum Gasteiger partial charge on any atom is 0.309 e. The number of ether oxygens (including phenoxy) is 2. The van der Waals surface area contributed by atoms with Crippen molar-refractivity contribution in [3.8, 4) is 0 Å². The number of fused-ring (bicyclic) bond motifs is 1. The van der Waals surface area contributed by atoms with E-state index in [-0.39, 0.29) is 48.3 Å². The molecule has 48 heavy (non-hydrogen) atoms. The minimum atomic E-state index is -2.20. The predicted octanol–water partition coefficient (Wildman–Crippen LogP) is 10.1. The summed E-state index contributed by atoms with van der Waals surface area (Å²) in [7, 11) is -4.21. The second-order valence-corrected chi connectivity index (χ2v) is 25.8. The summed E-state index contributed by atoms with van der Waals surface area (Å²) >= 11 is 1.61. The topological polar surface area (TPSA) is 87.2 Å². The molecule has 1 aromatic heterocycles. The summed E-state index contributed by atoms with van der Waals surface area (Å²) in [6.45, 7) is 25.7. The fourth-order valence-electron chi connectivity index (χ4n) is 7.75. The van der Waals surface area contributed by atoms with Crippen molar-refractivity contribution in [1.29, 1.82) is 0 Å². The van der Waals surface area contributed by atoms with Crippen LogP contribution in [0.2, 0.25) is 36.3 Å². The van der Waals surface area contributed by atoms with E-state index in [2.05, 4.69) is 60.4 Å². The quantitative estimate of drug-likeness (QED) is 0.121. The number of nitrogens with zero attached hydrogens (tertiary/aromatic N) is 1. The first-order valence-corrected chi connectivity index (χ1v) is 24.9. The number of rotatable bonds is 12. The van der Waals surface area contributed by atoms with E-state index in [4.69, 9.17) is 18.3 Å². The zero-order valence-electron chi connectivity index (χ0n) is 32.3. The van der Waals surface area contributed by atoms with E-state index in [9.17, 15) is 9.59 Å². The molecule has 2 saturated heterocycles. The number of thiazole rings is 1. The average molecular weight is 722 g/mol.